The number of amides is 1. The van der Waals surface area contributed by atoms with Crippen LogP contribution in [-0.4, -0.2) is 13.0 Å². The molecule has 0 spiro atoms. The molecule has 0 heterocycles. The van der Waals surface area contributed by atoms with Crippen LogP contribution < -0.4 is 15.8 Å². The Bertz CT molecular complexity index is 592. The fourth-order valence-electron chi connectivity index (χ4n) is 1.81. The van der Waals surface area contributed by atoms with Gasteiger partial charge in [-0.2, -0.15) is 0 Å². The van der Waals surface area contributed by atoms with Crippen LogP contribution in [0.5, 0.6) is 5.75 Å². The maximum Gasteiger partial charge on any atom is 0.255 e. The number of ether oxygens (including phenoxy) is 1. The van der Waals surface area contributed by atoms with Crippen molar-refractivity contribution in [2.45, 2.75) is 6.92 Å². The van der Waals surface area contributed by atoms with E-state index in [1.807, 2.05) is 6.92 Å². The largest absolute Gasteiger partial charge is 0.497 e. The number of nitrogens with two attached hydrogens (primary N) is 1. The summed E-state index contributed by atoms with van der Waals surface area (Å²) in [7, 11) is 1.60. The summed E-state index contributed by atoms with van der Waals surface area (Å²) in [6.07, 6.45) is 0. The molecule has 2 aromatic carbocycles. The quantitative estimate of drug-likeness (QED) is 0.830. The number of benzene rings is 2. The summed E-state index contributed by atoms with van der Waals surface area (Å²) in [6.45, 7) is 1.86. The first-order valence-corrected chi connectivity index (χ1v) is 5.91. The van der Waals surface area contributed by atoms with Crippen LogP contribution in [0.2, 0.25) is 0 Å². The van der Waals surface area contributed by atoms with Crippen LogP contribution in [0.4, 0.5) is 11.4 Å². The topological polar surface area (TPSA) is 64.3 Å². The number of aryl methyl sites for hydroxylation is 1. The van der Waals surface area contributed by atoms with Crippen LogP contribution in [0.3, 0.4) is 0 Å². The Balaban J connectivity index is 2.15. The average molecular weight is 256 g/mol. The normalized spacial score (nSPS) is 10.0. The van der Waals surface area contributed by atoms with Gasteiger partial charge in [0.2, 0.25) is 0 Å². The third-order valence-electron chi connectivity index (χ3n) is 2.84. The van der Waals surface area contributed by atoms with E-state index in [9.17, 15) is 4.79 Å². The van der Waals surface area contributed by atoms with E-state index in [2.05, 4.69) is 5.32 Å². The minimum atomic E-state index is -0.150. The molecule has 19 heavy (non-hydrogen) atoms. The highest BCUT2D eigenvalue weighted by atomic mass is 16.5. The molecule has 4 heteroatoms. The van der Waals surface area contributed by atoms with E-state index in [0.29, 0.717) is 11.3 Å². The van der Waals surface area contributed by atoms with Gasteiger partial charge >= 0.3 is 0 Å². The molecule has 0 aliphatic carbocycles. The first kappa shape index (κ1) is 13.0. The minimum absolute atomic E-state index is 0.150. The molecule has 3 N–H and O–H groups in total. The van der Waals surface area contributed by atoms with Gasteiger partial charge < -0.3 is 15.8 Å². The van der Waals surface area contributed by atoms with Gasteiger partial charge in [0, 0.05) is 16.9 Å². The van der Waals surface area contributed by atoms with Gasteiger partial charge in [0.05, 0.1) is 7.11 Å². The van der Waals surface area contributed by atoms with Crippen LogP contribution in [0.1, 0.15) is 15.9 Å². The van der Waals surface area contributed by atoms with E-state index in [1.54, 1.807) is 49.6 Å². The Labute approximate surface area is 112 Å². The van der Waals surface area contributed by atoms with Crippen molar-refractivity contribution in [3.63, 3.8) is 0 Å². The number of hydrogen-bond acceptors (Lipinski definition) is 3. The van der Waals surface area contributed by atoms with Gasteiger partial charge in [-0.25, -0.2) is 0 Å². The van der Waals surface area contributed by atoms with Crippen molar-refractivity contribution in [1.82, 2.24) is 0 Å². The second-order valence-corrected chi connectivity index (χ2v) is 4.26. The Morgan fingerprint density at radius 3 is 2.42 bits per heavy atom. The number of carbonyl (C=O) groups excluding carboxylic acids is 1. The summed E-state index contributed by atoms with van der Waals surface area (Å²) < 4.78 is 5.06. The molecule has 0 saturated heterocycles. The van der Waals surface area contributed by atoms with E-state index >= 15 is 0 Å². The SMILES string of the molecule is COc1ccc(NC(=O)c2ccc(N)cc2C)cc1. The Morgan fingerprint density at radius 1 is 1.16 bits per heavy atom. The average Bonchev–Trinajstić information content (AvgIpc) is 2.39. The lowest BCUT2D eigenvalue weighted by molar-refractivity contribution is 0.102. The van der Waals surface area contributed by atoms with Gasteiger partial charge in [0.25, 0.3) is 5.91 Å². The fourth-order valence-corrected chi connectivity index (χ4v) is 1.81. The molecule has 4 nitrogen and oxygen atoms in total. The van der Waals surface area contributed by atoms with E-state index < -0.39 is 0 Å². The van der Waals surface area contributed by atoms with E-state index in [1.165, 1.54) is 0 Å². The highest BCUT2D eigenvalue weighted by molar-refractivity contribution is 6.05. The van der Waals surface area contributed by atoms with E-state index in [0.717, 1.165) is 17.0 Å². The molecular weight excluding hydrogens is 240 g/mol. The molecule has 0 unspecified atom stereocenters. The Hall–Kier alpha value is -2.49. The zero-order valence-corrected chi connectivity index (χ0v) is 10.9. The zero-order chi connectivity index (χ0) is 13.8. The lowest BCUT2D eigenvalue weighted by Gasteiger charge is -2.09. The maximum absolute atomic E-state index is 12.1. The Kier molecular flexibility index (Phi) is 3.71. The van der Waals surface area contributed by atoms with Crippen molar-refractivity contribution >= 4 is 17.3 Å². The molecule has 0 bridgehead atoms. The highest BCUT2D eigenvalue weighted by Crippen LogP contribution is 2.18. The molecule has 0 aliphatic heterocycles. The minimum Gasteiger partial charge on any atom is -0.497 e. The van der Waals surface area contributed by atoms with Gasteiger partial charge in [-0.05, 0) is 55.0 Å². The van der Waals surface area contributed by atoms with E-state index in [4.69, 9.17) is 10.5 Å². The lowest BCUT2D eigenvalue weighted by Crippen LogP contribution is -2.13. The first-order valence-electron chi connectivity index (χ1n) is 5.91. The number of nitrogens with one attached hydrogen (secondary N) is 1. The van der Waals surface area contributed by atoms with Gasteiger partial charge in [-0.3, -0.25) is 4.79 Å². The van der Waals surface area contributed by atoms with E-state index in [-0.39, 0.29) is 5.91 Å². The lowest BCUT2D eigenvalue weighted by atomic mass is 10.1. The molecule has 0 aromatic heterocycles. The molecule has 1 amide bonds. The van der Waals surface area contributed by atoms with Crippen LogP contribution >= 0.6 is 0 Å². The number of rotatable bonds is 3. The summed E-state index contributed by atoms with van der Waals surface area (Å²) in [4.78, 5) is 12.1. The van der Waals surface area contributed by atoms with Crippen molar-refractivity contribution in [3.8, 4) is 5.75 Å². The van der Waals surface area contributed by atoms with Gasteiger partial charge in [-0.15, -0.1) is 0 Å². The number of nitrogen functional groups attached to an aromatic ring is 1. The molecule has 0 atom stereocenters. The van der Waals surface area contributed by atoms with Crippen LogP contribution in [0.15, 0.2) is 42.5 Å². The summed E-state index contributed by atoms with van der Waals surface area (Å²) in [6, 6.07) is 12.4. The molecule has 2 rings (SSSR count). The third kappa shape index (κ3) is 3.04. The second-order valence-electron chi connectivity index (χ2n) is 4.26. The molecule has 98 valence electrons. The summed E-state index contributed by atoms with van der Waals surface area (Å²) in [5, 5.41) is 2.83. The molecule has 0 saturated carbocycles. The highest BCUT2D eigenvalue weighted by Gasteiger charge is 2.09. The maximum atomic E-state index is 12.1. The van der Waals surface area contributed by atoms with Crippen LogP contribution in [-0.2, 0) is 0 Å². The van der Waals surface area contributed by atoms with Gasteiger partial charge in [0.1, 0.15) is 5.75 Å². The standard InChI is InChI=1S/C15H16N2O2/c1-10-9-11(16)3-8-14(10)15(18)17-12-4-6-13(19-2)7-5-12/h3-9H,16H2,1-2H3,(H,17,18). The zero-order valence-electron chi connectivity index (χ0n) is 10.9. The summed E-state index contributed by atoms with van der Waals surface area (Å²) in [5.41, 5.74) is 8.51. The number of carbonyl (C=O) groups is 1. The summed E-state index contributed by atoms with van der Waals surface area (Å²) >= 11 is 0. The molecule has 0 fully saturated rings. The van der Waals surface area contributed by atoms with Crippen molar-refractivity contribution in [1.29, 1.82) is 0 Å². The molecule has 0 aliphatic rings. The Morgan fingerprint density at radius 2 is 1.84 bits per heavy atom. The first-order chi connectivity index (χ1) is 9.10. The molecule has 2 aromatic rings. The van der Waals surface area contributed by atoms with Crippen molar-refractivity contribution in [3.05, 3.63) is 53.6 Å². The van der Waals surface area contributed by atoms with Crippen LogP contribution in [0, 0.1) is 6.92 Å². The summed E-state index contributed by atoms with van der Waals surface area (Å²) in [5.74, 6) is 0.601. The fraction of sp³-hybridized carbons (Fsp3) is 0.133. The number of hydrogen-bond donors (Lipinski definition) is 2. The van der Waals surface area contributed by atoms with Gasteiger partial charge in [-0.1, -0.05) is 0 Å². The van der Waals surface area contributed by atoms with Crippen molar-refractivity contribution in [2.75, 3.05) is 18.2 Å². The third-order valence-corrected chi connectivity index (χ3v) is 2.84. The monoisotopic (exact) mass is 256 g/mol. The van der Waals surface area contributed by atoms with Crippen molar-refractivity contribution < 1.29 is 9.53 Å². The predicted octanol–water partition coefficient (Wildman–Crippen LogP) is 2.84. The number of anilines is 2. The van der Waals surface area contributed by atoms with Crippen molar-refractivity contribution in [2.24, 2.45) is 0 Å². The van der Waals surface area contributed by atoms with Gasteiger partial charge in [0.15, 0.2) is 0 Å². The number of methoxy groups -OCH3 is 1. The second kappa shape index (κ2) is 5.44. The predicted molar refractivity (Wildman–Crippen MR) is 76.5 cm³/mol. The van der Waals surface area contributed by atoms with Crippen LogP contribution in [0.25, 0.3) is 0 Å². The molecule has 0 radical (unpaired) electrons. The molecular formula is C15H16N2O2. The smallest absolute Gasteiger partial charge is 0.255 e.